The molecular weight excluding hydrogens is 132 g/mol. The van der Waals surface area contributed by atoms with Gasteiger partial charge in [-0.2, -0.15) is 0 Å². The predicted octanol–water partition coefficient (Wildman–Crippen LogP) is 3.39. The highest BCUT2D eigenvalue weighted by atomic mass is 14.3. The lowest BCUT2D eigenvalue weighted by Gasteiger charge is -2.36. The molecule has 3 atom stereocenters. The molecule has 1 saturated carbocycles. The van der Waals surface area contributed by atoms with Crippen LogP contribution in [0.2, 0.25) is 0 Å². The molecule has 0 N–H and O–H groups in total. The van der Waals surface area contributed by atoms with Crippen LogP contribution in [0.5, 0.6) is 0 Å². The Morgan fingerprint density at radius 2 is 2.09 bits per heavy atom. The SMILES string of the molecule is CC1CCCC2CCC=C[C@H]12. The second-order valence-corrected chi connectivity index (χ2v) is 4.25. The molecule has 0 bridgehead atoms. The van der Waals surface area contributed by atoms with Crippen molar-refractivity contribution in [3.05, 3.63) is 12.2 Å². The molecule has 0 aliphatic heterocycles. The van der Waals surface area contributed by atoms with Crippen LogP contribution in [0, 0.1) is 17.8 Å². The van der Waals surface area contributed by atoms with Crippen molar-refractivity contribution < 1.29 is 0 Å². The average Bonchev–Trinajstić information content (AvgIpc) is 2.06. The van der Waals surface area contributed by atoms with E-state index in [9.17, 15) is 0 Å². The number of allylic oxidation sites excluding steroid dienone is 2. The zero-order chi connectivity index (χ0) is 7.68. The zero-order valence-corrected chi connectivity index (χ0v) is 7.42. The normalized spacial score (nSPS) is 43.5. The summed E-state index contributed by atoms with van der Waals surface area (Å²) in [6, 6.07) is 0. The highest BCUT2D eigenvalue weighted by Gasteiger charge is 2.29. The van der Waals surface area contributed by atoms with E-state index in [1.807, 2.05) is 0 Å². The quantitative estimate of drug-likeness (QED) is 0.464. The van der Waals surface area contributed by atoms with Gasteiger partial charge in [0, 0.05) is 0 Å². The van der Waals surface area contributed by atoms with Gasteiger partial charge in [0.1, 0.15) is 0 Å². The molecule has 2 aliphatic rings. The third-order valence-electron chi connectivity index (χ3n) is 3.50. The summed E-state index contributed by atoms with van der Waals surface area (Å²) in [5.41, 5.74) is 0. The highest BCUT2D eigenvalue weighted by molar-refractivity contribution is 5.00. The third kappa shape index (κ3) is 1.36. The Labute approximate surface area is 69.7 Å². The summed E-state index contributed by atoms with van der Waals surface area (Å²) in [4.78, 5) is 0. The van der Waals surface area contributed by atoms with Crippen molar-refractivity contribution in [2.24, 2.45) is 17.8 Å². The molecule has 62 valence electrons. The Balaban J connectivity index is 2.09. The van der Waals surface area contributed by atoms with Crippen LogP contribution in [-0.4, -0.2) is 0 Å². The second kappa shape index (κ2) is 3.00. The van der Waals surface area contributed by atoms with Crippen molar-refractivity contribution in [3.63, 3.8) is 0 Å². The molecule has 0 spiro atoms. The molecule has 0 heterocycles. The number of hydrogen-bond acceptors (Lipinski definition) is 0. The fraction of sp³-hybridized carbons (Fsp3) is 0.818. The lowest BCUT2D eigenvalue weighted by atomic mass is 9.69. The fourth-order valence-corrected chi connectivity index (χ4v) is 2.80. The van der Waals surface area contributed by atoms with Crippen molar-refractivity contribution in [2.45, 2.75) is 39.0 Å². The minimum atomic E-state index is 0.942. The van der Waals surface area contributed by atoms with Crippen molar-refractivity contribution in [1.29, 1.82) is 0 Å². The maximum Gasteiger partial charge on any atom is -0.0179 e. The van der Waals surface area contributed by atoms with Crippen LogP contribution < -0.4 is 0 Å². The van der Waals surface area contributed by atoms with Crippen LogP contribution in [0.25, 0.3) is 0 Å². The van der Waals surface area contributed by atoms with Gasteiger partial charge in [-0.15, -0.1) is 0 Å². The van der Waals surface area contributed by atoms with E-state index in [1.165, 1.54) is 32.1 Å². The van der Waals surface area contributed by atoms with E-state index in [2.05, 4.69) is 19.1 Å². The number of rotatable bonds is 0. The molecule has 2 rings (SSSR count). The third-order valence-corrected chi connectivity index (χ3v) is 3.50. The van der Waals surface area contributed by atoms with E-state index in [-0.39, 0.29) is 0 Å². The molecule has 11 heavy (non-hydrogen) atoms. The molecule has 2 aliphatic carbocycles. The van der Waals surface area contributed by atoms with E-state index >= 15 is 0 Å². The maximum absolute atomic E-state index is 2.48. The van der Waals surface area contributed by atoms with Crippen molar-refractivity contribution in [1.82, 2.24) is 0 Å². The summed E-state index contributed by atoms with van der Waals surface area (Å²) in [6.07, 6.45) is 12.1. The van der Waals surface area contributed by atoms with Crippen LogP contribution in [0.15, 0.2) is 12.2 Å². The first-order chi connectivity index (χ1) is 5.38. The van der Waals surface area contributed by atoms with Gasteiger partial charge < -0.3 is 0 Å². The smallest absolute Gasteiger partial charge is 0.0179 e. The maximum atomic E-state index is 2.48. The summed E-state index contributed by atoms with van der Waals surface area (Å²) in [7, 11) is 0. The van der Waals surface area contributed by atoms with E-state index in [0.717, 1.165) is 17.8 Å². The minimum absolute atomic E-state index is 0.942. The Morgan fingerprint density at radius 1 is 1.18 bits per heavy atom. The average molecular weight is 150 g/mol. The van der Waals surface area contributed by atoms with Gasteiger partial charge in [-0.3, -0.25) is 0 Å². The van der Waals surface area contributed by atoms with Gasteiger partial charge in [-0.25, -0.2) is 0 Å². The largest absolute Gasteiger partial charge is 0.0882 e. The number of fused-ring (bicyclic) bond motifs is 1. The first-order valence-electron chi connectivity index (χ1n) is 5.04. The molecular formula is C11H18. The summed E-state index contributed by atoms with van der Waals surface area (Å²) >= 11 is 0. The predicted molar refractivity (Wildman–Crippen MR) is 48.4 cm³/mol. The van der Waals surface area contributed by atoms with Gasteiger partial charge in [0.05, 0.1) is 0 Å². The minimum Gasteiger partial charge on any atom is -0.0882 e. The van der Waals surface area contributed by atoms with Gasteiger partial charge in [-0.1, -0.05) is 31.9 Å². The molecule has 0 heteroatoms. The van der Waals surface area contributed by atoms with Gasteiger partial charge in [0.15, 0.2) is 0 Å². The van der Waals surface area contributed by atoms with Gasteiger partial charge in [0.25, 0.3) is 0 Å². The molecule has 0 radical (unpaired) electrons. The molecule has 1 fully saturated rings. The topological polar surface area (TPSA) is 0 Å². The Morgan fingerprint density at radius 3 is 2.91 bits per heavy atom. The molecule has 0 nitrogen and oxygen atoms in total. The molecule has 0 aromatic rings. The van der Waals surface area contributed by atoms with Crippen molar-refractivity contribution >= 4 is 0 Å². The molecule has 0 aromatic carbocycles. The first-order valence-corrected chi connectivity index (χ1v) is 5.04. The zero-order valence-electron chi connectivity index (χ0n) is 7.42. The van der Waals surface area contributed by atoms with Crippen LogP contribution in [0.1, 0.15) is 39.0 Å². The van der Waals surface area contributed by atoms with Gasteiger partial charge in [0.2, 0.25) is 0 Å². The Kier molecular flexibility index (Phi) is 2.02. The van der Waals surface area contributed by atoms with E-state index in [0.29, 0.717) is 0 Å². The van der Waals surface area contributed by atoms with Crippen LogP contribution in [0.4, 0.5) is 0 Å². The molecule has 0 aromatic heterocycles. The second-order valence-electron chi connectivity index (χ2n) is 4.25. The lowest BCUT2D eigenvalue weighted by molar-refractivity contribution is 0.191. The van der Waals surface area contributed by atoms with Crippen molar-refractivity contribution in [2.75, 3.05) is 0 Å². The molecule has 0 saturated heterocycles. The summed E-state index contributed by atoms with van der Waals surface area (Å²) in [5, 5.41) is 0. The fourth-order valence-electron chi connectivity index (χ4n) is 2.80. The number of hydrogen-bond donors (Lipinski definition) is 0. The summed E-state index contributed by atoms with van der Waals surface area (Å²) in [6.45, 7) is 2.42. The Hall–Kier alpha value is -0.260. The van der Waals surface area contributed by atoms with Gasteiger partial charge in [-0.05, 0) is 37.0 Å². The molecule has 0 amide bonds. The Bertz CT molecular complexity index is 157. The van der Waals surface area contributed by atoms with Crippen molar-refractivity contribution in [3.8, 4) is 0 Å². The summed E-state index contributed by atoms with van der Waals surface area (Å²) in [5.74, 6) is 2.95. The van der Waals surface area contributed by atoms with E-state index in [4.69, 9.17) is 0 Å². The van der Waals surface area contributed by atoms with Gasteiger partial charge >= 0.3 is 0 Å². The molecule has 2 unspecified atom stereocenters. The van der Waals surface area contributed by atoms with Crippen LogP contribution in [-0.2, 0) is 0 Å². The summed E-state index contributed by atoms with van der Waals surface area (Å²) < 4.78 is 0. The van der Waals surface area contributed by atoms with Crippen LogP contribution in [0.3, 0.4) is 0 Å². The van der Waals surface area contributed by atoms with E-state index in [1.54, 1.807) is 0 Å². The lowest BCUT2D eigenvalue weighted by Crippen LogP contribution is -2.26. The highest BCUT2D eigenvalue weighted by Crippen LogP contribution is 2.40. The van der Waals surface area contributed by atoms with Crippen LogP contribution >= 0.6 is 0 Å². The van der Waals surface area contributed by atoms with E-state index < -0.39 is 0 Å². The monoisotopic (exact) mass is 150 g/mol. The standard InChI is InChI=1S/C11H18/c1-9-5-4-7-10-6-2-3-8-11(9)10/h3,8-11H,2,4-7H2,1H3/t9?,10?,11-/m1/s1. The first kappa shape index (κ1) is 7.39.